The van der Waals surface area contributed by atoms with Gasteiger partial charge in [0.1, 0.15) is 11.5 Å². The van der Waals surface area contributed by atoms with Crippen molar-refractivity contribution in [2.24, 2.45) is 9.98 Å². The highest BCUT2D eigenvalue weighted by molar-refractivity contribution is 6.51. The lowest BCUT2D eigenvalue weighted by atomic mass is 9.92. The van der Waals surface area contributed by atoms with Gasteiger partial charge in [0.25, 0.3) is 0 Å². The molecule has 0 fully saturated rings. The molecule has 1 atom stereocenters. The third kappa shape index (κ3) is 4.28. The summed E-state index contributed by atoms with van der Waals surface area (Å²) in [7, 11) is 1.71. The van der Waals surface area contributed by atoms with Crippen molar-refractivity contribution in [1.82, 2.24) is 9.78 Å². The molecule has 3 heterocycles. The molecule has 0 saturated heterocycles. The number of anilines is 2. The fourth-order valence-corrected chi connectivity index (χ4v) is 5.67. The molecule has 4 aromatic carbocycles. The van der Waals surface area contributed by atoms with E-state index in [1.807, 2.05) is 110 Å². The Morgan fingerprint density at radius 2 is 1.57 bits per heavy atom. The molecule has 0 amide bonds. The number of amidine groups is 2. The van der Waals surface area contributed by atoms with E-state index in [0.29, 0.717) is 18.3 Å². The molecule has 42 heavy (non-hydrogen) atoms. The smallest absolute Gasteiger partial charge is 0.179 e. The quantitative estimate of drug-likeness (QED) is 0.237. The molecular formula is C34H30N6O2. The predicted octanol–water partition coefficient (Wildman–Crippen LogP) is 7.38. The molecule has 2 aliphatic rings. The molecule has 0 aliphatic carbocycles. The third-order valence-corrected chi connectivity index (χ3v) is 7.50. The van der Waals surface area contributed by atoms with Gasteiger partial charge >= 0.3 is 0 Å². The Kier molecular flexibility index (Phi) is 6.43. The number of rotatable bonds is 6. The molecule has 0 spiro atoms. The number of nitrogens with one attached hydrogen (secondary N) is 1. The number of hydrogen-bond acceptors (Lipinski definition) is 7. The summed E-state index contributed by atoms with van der Waals surface area (Å²) in [6.07, 6.45) is 0. The predicted molar refractivity (Wildman–Crippen MR) is 167 cm³/mol. The fraction of sp³-hybridized carbons (Fsp3) is 0.147. The Morgan fingerprint density at radius 1 is 0.833 bits per heavy atom. The minimum absolute atomic E-state index is 0.269. The van der Waals surface area contributed by atoms with E-state index in [-0.39, 0.29) is 6.04 Å². The molecule has 0 bridgehead atoms. The highest BCUT2D eigenvalue weighted by Crippen LogP contribution is 2.49. The van der Waals surface area contributed by atoms with Crippen LogP contribution in [0.4, 0.5) is 22.9 Å². The molecule has 208 valence electrons. The van der Waals surface area contributed by atoms with Gasteiger partial charge < -0.3 is 19.7 Å². The van der Waals surface area contributed by atoms with E-state index in [9.17, 15) is 0 Å². The van der Waals surface area contributed by atoms with Gasteiger partial charge in [-0.25, -0.2) is 14.7 Å². The first kappa shape index (κ1) is 25.6. The van der Waals surface area contributed by atoms with Gasteiger partial charge in [-0.3, -0.25) is 0 Å². The molecule has 2 aliphatic heterocycles. The van der Waals surface area contributed by atoms with Crippen molar-refractivity contribution in [3.63, 3.8) is 0 Å². The van der Waals surface area contributed by atoms with E-state index < -0.39 is 0 Å². The molecule has 0 radical (unpaired) electrons. The van der Waals surface area contributed by atoms with Crippen LogP contribution in [0.2, 0.25) is 0 Å². The van der Waals surface area contributed by atoms with Crippen molar-refractivity contribution in [2.45, 2.75) is 19.9 Å². The van der Waals surface area contributed by atoms with Gasteiger partial charge in [-0.2, -0.15) is 5.10 Å². The van der Waals surface area contributed by atoms with E-state index in [2.05, 4.69) is 22.3 Å². The van der Waals surface area contributed by atoms with Crippen molar-refractivity contribution in [2.75, 3.05) is 23.9 Å². The van der Waals surface area contributed by atoms with Gasteiger partial charge in [0.15, 0.2) is 17.5 Å². The fourth-order valence-electron chi connectivity index (χ4n) is 5.67. The zero-order valence-electron chi connectivity index (χ0n) is 23.7. The number of aliphatic imine (C=N–C) groups is 2. The van der Waals surface area contributed by atoms with Gasteiger partial charge in [0.05, 0.1) is 42.5 Å². The van der Waals surface area contributed by atoms with Crippen molar-refractivity contribution < 1.29 is 9.47 Å². The van der Waals surface area contributed by atoms with E-state index in [0.717, 1.165) is 56.9 Å². The number of fused-ring (bicyclic) bond motifs is 4. The molecule has 8 heteroatoms. The molecule has 0 unspecified atom stereocenters. The Hall–Kier alpha value is -5.37. The maximum atomic E-state index is 5.91. The first-order valence-corrected chi connectivity index (χ1v) is 14.0. The van der Waals surface area contributed by atoms with E-state index >= 15 is 0 Å². The van der Waals surface area contributed by atoms with Crippen LogP contribution in [0.25, 0.3) is 5.69 Å². The SMILES string of the molecule is CCOc1ccc(NC2=Nc3ccccc3N3C2=Nc2c(c(C)nn2-c2ccccc2)[C@H]3c2ccccc2OC)cc1. The highest BCUT2D eigenvalue weighted by atomic mass is 16.5. The first-order chi connectivity index (χ1) is 20.7. The second-order valence-electron chi connectivity index (χ2n) is 10.1. The van der Waals surface area contributed by atoms with Gasteiger partial charge in [-0.05, 0) is 68.4 Å². The molecular weight excluding hydrogens is 524 g/mol. The minimum atomic E-state index is -0.269. The van der Waals surface area contributed by atoms with E-state index in [1.54, 1.807) is 7.11 Å². The van der Waals surface area contributed by atoms with Gasteiger partial charge in [-0.1, -0.05) is 48.5 Å². The summed E-state index contributed by atoms with van der Waals surface area (Å²) in [5, 5.41) is 8.56. The summed E-state index contributed by atoms with van der Waals surface area (Å²) in [6, 6.07) is 34.0. The molecule has 1 aromatic heterocycles. The maximum Gasteiger partial charge on any atom is 0.179 e. The summed E-state index contributed by atoms with van der Waals surface area (Å²) < 4.78 is 13.5. The van der Waals surface area contributed by atoms with Crippen LogP contribution < -0.4 is 19.7 Å². The summed E-state index contributed by atoms with van der Waals surface area (Å²) in [6.45, 7) is 4.64. The lowest BCUT2D eigenvalue weighted by Crippen LogP contribution is -2.46. The number of hydrogen-bond donors (Lipinski definition) is 1. The second-order valence-corrected chi connectivity index (χ2v) is 10.1. The maximum absolute atomic E-state index is 5.91. The highest BCUT2D eigenvalue weighted by Gasteiger charge is 2.42. The zero-order chi connectivity index (χ0) is 28.6. The summed E-state index contributed by atoms with van der Waals surface area (Å²) >= 11 is 0. The Morgan fingerprint density at radius 3 is 2.36 bits per heavy atom. The van der Waals surface area contributed by atoms with Crippen LogP contribution in [0, 0.1) is 6.92 Å². The summed E-state index contributed by atoms with van der Waals surface area (Å²) in [4.78, 5) is 12.6. The van der Waals surface area contributed by atoms with Crippen molar-refractivity contribution in [3.8, 4) is 17.2 Å². The van der Waals surface area contributed by atoms with Crippen LogP contribution in [-0.4, -0.2) is 35.2 Å². The van der Waals surface area contributed by atoms with Crippen LogP contribution in [0.3, 0.4) is 0 Å². The molecule has 8 nitrogen and oxygen atoms in total. The molecule has 5 aromatic rings. The Bertz CT molecular complexity index is 1830. The lowest BCUT2D eigenvalue weighted by molar-refractivity contribution is 0.340. The van der Waals surface area contributed by atoms with Gasteiger partial charge in [-0.15, -0.1) is 0 Å². The molecule has 1 N–H and O–H groups in total. The van der Waals surface area contributed by atoms with Crippen molar-refractivity contribution in [1.29, 1.82) is 0 Å². The van der Waals surface area contributed by atoms with Crippen LogP contribution in [0.1, 0.15) is 29.8 Å². The van der Waals surface area contributed by atoms with E-state index in [1.165, 1.54) is 0 Å². The summed E-state index contributed by atoms with van der Waals surface area (Å²) in [5.41, 5.74) is 6.56. The average Bonchev–Trinajstić information content (AvgIpc) is 3.37. The van der Waals surface area contributed by atoms with Crippen LogP contribution in [0.15, 0.2) is 113 Å². The van der Waals surface area contributed by atoms with Crippen molar-refractivity contribution in [3.05, 3.63) is 120 Å². The number of para-hydroxylation sites is 4. The Labute approximate surface area is 244 Å². The third-order valence-electron chi connectivity index (χ3n) is 7.50. The Balaban J connectivity index is 1.46. The van der Waals surface area contributed by atoms with Crippen LogP contribution in [-0.2, 0) is 0 Å². The standard InChI is InChI=1S/C34H30N6O2/c1-4-42-25-20-18-23(19-21-25)35-32-34-37-33-30(22(2)38-40(33)24-12-6-5-7-13-24)31(26-14-8-11-17-29(26)41-3)39(34)28-16-10-9-15-27(28)36-32/h5-21,31H,4H2,1-3H3,(H,35,36)/t31-/m1/s1. The number of aryl methyl sites for hydroxylation is 1. The molecule has 0 saturated carbocycles. The second kappa shape index (κ2) is 10.6. The number of aromatic nitrogens is 2. The number of benzene rings is 4. The normalized spacial score (nSPS) is 15.1. The topological polar surface area (TPSA) is 76.3 Å². The molecule has 7 rings (SSSR count). The number of ether oxygens (including phenoxy) is 2. The summed E-state index contributed by atoms with van der Waals surface area (Å²) in [5.74, 6) is 3.72. The number of methoxy groups -OCH3 is 1. The van der Waals surface area contributed by atoms with Crippen LogP contribution in [0.5, 0.6) is 11.5 Å². The minimum Gasteiger partial charge on any atom is -0.496 e. The average molecular weight is 555 g/mol. The number of nitrogens with zero attached hydrogens (tertiary/aromatic N) is 5. The van der Waals surface area contributed by atoms with Crippen LogP contribution >= 0.6 is 0 Å². The zero-order valence-corrected chi connectivity index (χ0v) is 23.7. The largest absolute Gasteiger partial charge is 0.496 e. The first-order valence-electron chi connectivity index (χ1n) is 14.0. The van der Waals surface area contributed by atoms with E-state index in [4.69, 9.17) is 24.6 Å². The lowest BCUT2D eigenvalue weighted by Gasteiger charge is -2.41. The van der Waals surface area contributed by atoms with Gasteiger partial charge in [0.2, 0.25) is 0 Å². The van der Waals surface area contributed by atoms with Gasteiger partial charge in [0, 0.05) is 16.8 Å². The monoisotopic (exact) mass is 554 g/mol. The van der Waals surface area contributed by atoms with Crippen molar-refractivity contribution >= 4 is 34.6 Å².